The van der Waals surface area contributed by atoms with Gasteiger partial charge in [-0.25, -0.2) is 0 Å². The summed E-state index contributed by atoms with van der Waals surface area (Å²) in [7, 11) is 0. The van der Waals surface area contributed by atoms with Crippen LogP contribution in [-0.2, 0) is 11.2 Å². The molecule has 0 bridgehead atoms. The molecule has 1 unspecified atom stereocenters. The lowest BCUT2D eigenvalue weighted by Crippen LogP contribution is -2.25. The first-order valence-electron chi connectivity index (χ1n) is 5.10. The summed E-state index contributed by atoms with van der Waals surface area (Å²) in [5, 5.41) is 9.28. The predicted octanol–water partition coefficient (Wildman–Crippen LogP) is 1.72. The zero-order valence-corrected chi connectivity index (χ0v) is 8.44. The van der Waals surface area contributed by atoms with Crippen LogP contribution in [-0.4, -0.2) is 24.4 Å². The molecular weight excluding hydrogens is 176 g/mol. The maximum absolute atomic E-state index is 9.28. The minimum absolute atomic E-state index is 0.261. The molecule has 1 aromatic rings. The Morgan fingerprint density at radius 1 is 1.50 bits per heavy atom. The van der Waals surface area contributed by atoms with E-state index in [1.807, 2.05) is 6.92 Å². The molecule has 0 saturated carbocycles. The largest absolute Gasteiger partial charge is 0.393 e. The molecule has 1 aliphatic heterocycles. The van der Waals surface area contributed by atoms with Crippen LogP contribution in [0, 0.1) is 0 Å². The summed E-state index contributed by atoms with van der Waals surface area (Å²) in [5.74, 6) is 0.573. The third-order valence-corrected chi connectivity index (χ3v) is 2.59. The highest BCUT2D eigenvalue weighted by Gasteiger charge is 2.20. The molecule has 76 valence electrons. The highest BCUT2D eigenvalue weighted by Crippen LogP contribution is 2.24. The molecule has 1 aromatic carbocycles. The van der Waals surface area contributed by atoms with Crippen LogP contribution in [0.25, 0.3) is 0 Å². The van der Waals surface area contributed by atoms with E-state index in [-0.39, 0.29) is 6.10 Å². The Balaban J connectivity index is 2.09. The lowest BCUT2D eigenvalue weighted by molar-refractivity contribution is 0.00839. The minimum Gasteiger partial charge on any atom is -0.393 e. The van der Waals surface area contributed by atoms with Crippen molar-refractivity contribution >= 4 is 0 Å². The van der Waals surface area contributed by atoms with E-state index >= 15 is 0 Å². The van der Waals surface area contributed by atoms with Gasteiger partial charge in [-0.3, -0.25) is 0 Å². The molecule has 14 heavy (non-hydrogen) atoms. The number of benzene rings is 1. The van der Waals surface area contributed by atoms with Crippen molar-refractivity contribution in [1.29, 1.82) is 0 Å². The van der Waals surface area contributed by atoms with Crippen LogP contribution in [0.1, 0.15) is 24.0 Å². The molecule has 0 radical (unpaired) electrons. The second-order valence-corrected chi connectivity index (χ2v) is 4.03. The van der Waals surface area contributed by atoms with Crippen molar-refractivity contribution in [3.8, 4) is 0 Å². The van der Waals surface area contributed by atoms with E-state index in [4.69, 9.17) is 4.74 Å². The molecular formula is C12H16O2. The monoisotopic (exact) mass is 192 g/mol. The van der Waals surface area contributed by atoms with E-state index in [0.717, 1.165) is 19.6 Å². The van der Waals surface area contributed by atoms with Gasteiger partial charge < -0.3 is 9.84 Å². The molecule has 0 aliphatic carbocycles. The molecule has 1 fully saturated rings. The van der Waals surface area contributed by atoms with E-state index in [1.54, 1.807) is 0 Å². The lowest BCUT2D eigenvalue weighted by Gasteiger charge is -2.26. The SMILES string of the molecule is CC(O)Cc1cccc(C2COC2)c1. The van der Waals surface area contributed by atoms with Gasteiger partial charge >= 0.3 is 0 Å². The van der Waals surface area contributed by atoms with Gasteiger partial charge in [0, 0.05) is 5.92 Å². The van der Waals surface area contributed by atoms with Crippen LogP contribution in [0.3, 0.4) is 0 Å². The zero-order chi connectivity index (χ0) is 9.97. The van der Waals surface area contributed by atoms with Crippen molar-refractivity contribution in [3.05, 3.63) is 35.4 Å². The van der Waals surface area contributed by atoms with Crippen molar-refractivity contribution in [2.75, 3.05) is 13.2 Å². The number of ether oxygens (including phenoxy) is 1. The average molecular weight is 192 g/mol. The summed E-state index contributed by atoms with van der Waals surface area (Å²) >= 11 is 0. The second kappa shape index (κ2) is 4.11. The van der Waals surface area contributed by atoms with Gasteiger partial charge in [-0.15, -0.1) is 0 Å². The number of aliphatic hydroxyl groups is 1. The maximum atomic E-state index is 9.28. The van der Waals surface area contributed by atoms with Crippen LogP contribution in [0.15, 0.2) is 24.3 Å². The van der Waals surface area contributed by atoms with Gasteiger partial charge in [-0.2, -0.15) is 0 Å². The Labute approximate surface area is 84.5 Å². The summed E-state index contributed by atoms with van der Waals surface area (Å²) in [5.41, 5.74) is 2.55. The first-order valence-corrected chi connectivity index (χ1v) is 5.10. The molecule has 2 heteroatoms. The Hall–Kier alpha value is -0.860. The topological polar surface area (TPSA) is 29.5 Å². The van der Waals surface area contributed by atoms with Crippen LogP contribution >= 0.6 is 0 Å². The van der Waals surface area contributed by atoms with Crippen molar-refractivity contribution in [3.63, 3.8) is 0 Å². The highest BCUT2D eigenvalue weighted by atomic mass is 16.5. The molecule has 2 rings (SSSR count). The summed E-state index contributed by atoms with van der Waals surface area (Å²) in [6, 6.07) is 8.44. The molecule has 1 heterocycles. The first-order chi connectivity index (χ1) is 6.75. The number of rotatable bonds is 3. The number of hydrogen-bond acceptors (Lipinski definition) is 2. The van der Waals surface area contributed by atoms with Crippen LogP contribution in [0.5, 0.6) is 0 Å². The normalized spacial score (nSPS) is 19.0. The molecule has 0 spiro atoms. The minimum atomic E-state index is -0.261. The summed E-state index contributed by atoms with van der Waals surface area (Å²) in [4.78, 5) is 0. The van der Waals surface area contributed by atoms with Gasteiger partial charge in [0.05, 0.1) is 19.3 Å². The lowest BCUT2D eigenvalue weighted by atomic mass is 9.95. The van der Waals surface area contributed by atoms with Crippen LogP contribution in [0.2, 0.25) is 0 Å². The molecule has 1 N–H and O–H groups in total. The molecule has 0 aromatic heterocycles. The molecule has 2 nitrogen and oxygen atoms in total. The quantitative estimate of drug-likeness (QED) is 0.790. The van der Waals surface area contributed by atoms with E-state index in [2.05, 4.69) is 24.3 Å². The summed E-state index contributed by atoms with van der Waals surface area (Å²) < 4.78 is 5.16. The van der Waals surface area contributed by atoms with Crippen molar-refractivity contribution in [2.24, 2.45) is 0 Å². The Bertz CT molecular complexity index is 303. The van der Waals surface area contributed by atoms with Crippen LogP contribution in [0.4, 0.5) is 0 Å². The Morgan fingerprint density at radius 3 is 2.86 bits per heavy atom. The summed E-state index contributed by atoms with van der Waals surface area (Å²) in [6.45, 7) is 3.51. The van der Waals surface area contributed by atoms with Gasteiger partial charge in [-0.05, 0) is 24.5 Å². The Kier molecular flexibility index (Phi) is 2.85. The smallest absolute Gasteiger partial charge is 0.0557 e. The standard InChI is InChI=1S/C12H16O2/c1-9(13)5-10-3-2-4-11(6-10)12-7-14-8-12/h2-4,6,9,12-13H,5,7-8H2,1H3. The van der Waals surface area contributed by atoms with Gasteiger partial charge in [-0.1, -0.05) is 24.3 Å². The van der Waals surface area contributed by atoms with Crippen LogP contribution < -0.4 is 0 Å². The Morgan fingerprint density at radius 2 is 2.29 bits per heavy atom. The van der Waals surface area contributed by atoms with E-state index in [9.17, 15) is 5.11 Å². The third kappa shape index (κ3) is 2.14. The third-order valence-electron chi connectivity index (χ3n) is 2.59. The van der Waals surface area contributed by atoms with E-state index in [1.165, 1.54) is 11.1 Å². The fourth-order valence-corrected chi connectivity index (χ4v) is 1.74. The number of aliphatic hydroxyl groups excluding tert-OH is 1. The van der Waals surface area contributed by atoms with E-state index < -0.39 is 0 Å². The number of hydrogen-bond donors (Lipinski definition) is 1. The first kappa shape index (κ1) is 9.69. The fraction of sp³-hybridized carbons (Fsp3) is 0.500. The zero-order valence-electron chi connectivity index (χ0n) is 8.44. The van der Waals surface area contributed by atoms with Crippen molar-refractivity contribution in [1.82, 2.24) is 0 Å². The predicted molar refractivity (Wildman–Crippen MR) is 55.4 cm³/mol. The maximum Gasteiger partial charge on any atom is 0.0557 e. The molecule has 0 amide bonds. The van der Waals surface area contributed by atoms with Gasteiger partial charge in [0.1, 0.15) is 0 Å². The van der Waals surface area contributed by atoms with Gasteiger partial charge in [0.2, 0.25) is 0 Å². The van der Waals surface area contributed by atoms with Gasteiger partial charge in [0.15, 0.2) is 0 Å². The van der Waals surface area contributed by atoms with Crippen molar-refractivity contribution in [2.45, 2.75) is 25.4 Å². The molecule has 1 aliphatic rings. The highest BCUT2D eigenvalue weighted by molar-refractivity contribution is 5.28. The summed E-state index contributed by atoms with van der Waals surface area (Å²) in [6.07, 6.45) is 0.476. The van der Waals surface area contributed by atoms with Gasteiger partial charge in [0.25, 0.3) is 0 Å². The average Bonchev–Trinajstić information content (AvgIpc) is 1.99. The fourth-order valence-electron chi connectivity index (χ4n) is 1.74. The molecule has 1 saturated heterocycles. The molecule has 1 atom stereocenters. The van der Waals surface area contributed by atoms with Crippen molar-refractivity contribution < 1.29 is 9.84 Å². The van der Waals surface area contributed by atoms with E-state index in [0.29, 0.717) is 5.92 Å². The second-order valence-electron chi connectivity index (χ2n) is 4.03.